The number of hydrogen-bond acceptors (Lipinski definition) is 1. The molecule has 0 aliphatic carbocycles. The quantitative estimate of drug-likeness (QED) is 0.836. The molecule has 0 amide bonds. The van der Waals surface area contributed by atoms with Gasteiger partial charge < -0.3 is 5.32 Å². The molecule has 1 heterocycles. The molecule has 1 saturated heterocycles. The first-order valence-electron chi connectivity index (χ1n) is 5.82. The third kappa shape index (κ3) is 2.37. The maximum absolute atomic E-state index is 6.07. The van der Waals surface area contributed by atoms with E-state index in [1.807, 2.05) is 12.1 Å². The zero-order valence-electron chi connectivity index (χ0n) is 9.63. The van der Waals surface area contributed by atoms with Crippen molar-refractivity contribution < 1.29 is 0 Å². The van der Waals surface area contributed by atoms with E-state index in [1.165, 1.54) is 12.0 Å². The van der Waals surface area contributed by atoms with Crippen molar-refractivity contribution in [2.45, 2.75) is 44.7 Å². The standard InChI is InChI=1S/C13H17Cl2N/c1-3-13-10(6-8(2)16-13)9-4-5-11(14)12(15)7-9/h4-5,7-8,10,13,16H,3,6H2,1-2H3. The topological polar surface area (TPSA) is 12.0 Å². The van der Waals surface area contributed by atoms with Crippen LogP contribution in [-0.2, 0) is 0 Å². The van der Waals surface area contributed by atoms with Crippen LogP contribution in [0.5, 0.6) is 0 Å². The fraction of sp³-hybridized carbons (Fsp3) is 0.538. The first kappa shape index (κ1) is 12.2. The Morgan fingerprint density at radius 2 is 2.06 bits per heavy atom. The van der Waals surface area contributed by atoms with Gasteiger partial charge in [0, 0.05) is 18.0 Å². The summed E-state index contributed by atoms with van der Waals surface area (Å²) in [5.74, 6) is 0.565. The van der Waals surface area contributed by atoms with Crippen LogP contribution in [0.15, 0.2) is 18.2 Å². The van der Waals surface area contributed by atoms with Gasteiger partial charge in [0.15, 0.2) is 0 Å². The lowest BCUT2D eigenvalue weighted by molar-refractivity contribution is 0.517. The van der Waals surface area contributed by atoms with Crippen molar-refractivity contribution in [2.24, 2.45) is 0 Å². The first-order valence-corrected chi connectivity index (χ1v) is 6.58. The van der Waals surface area contributed by atoms with Crippen LogP contribution >= 0.6 is 23.2 Å². The van der Waals surface area contributed by atoms with E-state index in [4.69, 9.17) is 23.2 Å². The summed E-state index contributed by atoms with van der Waals surface area (Å²) < 4.78 is 0. The number of hydrogen-bond donors (Lipinski definition) is 1. The maximum Gasteiger partial charge on any atom is 0.0595 e. The molecule has 1 aliphatic heterocycles. The molecule has 0 saturated carbocycles. The monoisotopic (exact) mass is 257 g/mol. The molecule has 1 aliphatic rings. The van der Waals surface area contributed by atoms with Gasteiger partial charge in [-0.1, -0.05) is 36.2 Å². The summed E-state index contributed by atoms with van der Waals surface area (Å²) in [6, 6.07) is 7.16. The Morgan fingerprint density at radius 3 is 2.69 bits per heavy atom. The highest BCUT2D eigenvalue weighted by molar-refractivity contribution is 6.42. The Labute approximate surface area is 107 Å². The summed E-state index contributed by atoms with van der Waals surface area (Å²) in [4.78, 5) is 0. The molecule has 88 valence electrons. The molecule has 0 bridgehead atoms. The summed E-state index contributed by atoms with van der Waals surface area (Å²) >= 11 is 12.0. The fourth-order valence-corrected chi connectivity index (χ4v) is 2.92. The lowest BCUT2D eigenvalue weighted by atomic mass is 9.90. The largest absolute Gasteiger partial charge is 0.311 e. The van der Waals surface area contributed by atoms with Crippen molar-refractivity contribution in [1.82, 2.24) is 5.32 Å². The Hall–Kier alpha value is -0.240. The molecule has 2 rings (SSSR count). The Balaban J connectivity index is 2.26. The smallest absolute Gasteiger partial charge is 0.0595 e. The average molecular weight is 258 g/mol. The van der Waals surface area contributed by atoms with Gasteiger partial charge in [0.1, 0.15) is 0 Å². The minimum absolute atomic E-state index is 0.562. The van der Waals surface area contributed by atoms with Crippen molar-refractivity contribution in [3.63, 3.8) is 0 Å². The third-order valence-electron chi connectivity index (χ3n) is 3.40. The van der Waals surface area contributed by atoms with E-state index >= 15 is 0 Å². The molecule has 0 radical (unpaired) electrons. The summed E-state index contributed by atoms with van der Waals surface area (Å²) in [6.07, 6.45) is 2.33. The predicted molar refractivity (Wildman–Crippen MR) is 70.5 cm³/mol. The van der Waals surface area contributed by atoms with Gasteiger partial charge in [-0.05, 0) is 37.5 Å². The molecule has 1 nitrogen and oxygen atoms in total. The molecule has 3 unspecified atom stereocenters. The normalized spacial score (nSPS) is 29.6. The average Bonchev–Trinajstić information content (AvgIpc) is 2.63. The number of rotatable bonds is 2. The Bertz CT molecular complexity index is 378. The van der Waals surface area contributed by atoms with E-state index in [-0.39, 0.29) is 0 Å². The van der Waals surface area contributed by atoms with E-state index in [0.717, 1.165) is 6.42 Å². The number of benzene rings is 1. The van der Waals surface area contributed by atoms with Gasteiger partial charge >= 0.3 is 0 Å². The third-order valence-corrected chi connectivity index (χ3v) is 4.14. The highest BCUT2D eigenvalue weighted by atomic mass is 35.5. The first-order chi connectivity index (χ1) is 7.61. The zero-order chi connectivity index (χ0) is 11.7. The zero-order valence-corrected chi connectivity index (χ0v) is 11.1. The van der Waals surface area contributed by atoms with E-state index in [2.05, 4.69) is 25.2 Å². The Morgan fingerprint density at radius 1 is 1.31 bits per heavy atom. The van der Waals surface area contributed by atoms with E-state index in [1.54, 1.807) is 0 Å². The molecule has 3 heteroatoms. The van der Waals surface area contributed by atoms with E-state index < -0.39 is 0 Å². The van der Waals surface area contributed by atoms with Crippen molar-refractivity contribution in [3.05, 3.63) is 33.8 Å². The van der Waals surface area contributed by atoms with Crippen LogP contribution in [0.1, 0.15) is 38.2 Å². The summed E-state index contributed by atoms with van der Waals surface area (Å²) in [7, 11) is 0. The predicted octanol–water partition coefficient (Wildman–Crippen LogP) is 4.24. The molecule has 1 aromatic carbocycles. The van der Waals surface area contributed by atoms with Crippen LogP contribution in [0.3, 0.4) is 0 Å². The minimum Gasteiger partial charge on any atom is -0.311 e. The van der Waals surface area contributed by atoms with E-state index in [9.17, 15) is 0 Å². The molecular weight excluding hydrogens is 241 g/mol. The summed E-state index contributed by atoms with van der Waals surface area (Å²) in [6.45, 7) is 4.46. The highest BCUT2D eigenvalue weighted by Crippen LogP contribution is 2.35. The van der Waals surface area contributed by atoms with Crippen LogP contribution in [0, 0.1) is 0 Å². The second-order valence-electron chi connectivity index (χ2n) is 4.60. The molecular formula is C13H17Cl2N. The van der Waals surface area contributed by atoms with Gasteiger partial charge in [0.2, 0.25) is 0 Å². The van der Waals surface area contributed by atoms with Gasteiger partial charge in [-0.3, -0.25) is 0 Å². The van der Waals surface area contributed by atoms with Crippen LogP contribution in [-0.4, -0.2) is 12.1 Å². The maximum atomic E-state index is 6.07. The number of halogens is 2. The van der Waals surface area contributed by atoms with Gasteiger partial charge in [0.25, 0.3) is 0 Å². The summed E-state index contributed by atoms with van der Waals surface area (Å²) in [5, 5.41) is 4.91. The Kier molecular flexibility index (Phi) is 3.78. The van der Waals surface area contributed by atoms with Crippen molar-refractivity contribution in [3.8, 4) is 0 Å². The lowest BCUT2D eigenvalue weighted by Crippen LogP contribution is -2.28. The van der Waals surface area contributed by atoms with E-state index in [0.29, 0.717) is 28.0 Å². The second-order valence-corrected chi connectivity index (χ2v) is 5.41. The lowest BCUT2D eigenvalue weighted by Gasteiger charge is -2.18. The fourth-order valence-electron chi connectivity index (χ4n) is 2.61. The molecule has 1 N–H and O–H groups in total. The van der Waals surface area contributed by atoms with Crippen LogP contribution in [0.2, 0.25) is 10.0 Å². The van der Waals surface area contributed by atoms with Crippen molar-refractivity contribution in [1.29, 1.82) is 0 Å². The van der Waals surface area contributed by atoms with Gasteiger partial charge in [-0.25, -0.2) is 0 Å². The molecule has 1 aromatic rings. The van der Waals surface area contributed by atoms with Crippen LogP contribution in [0.4, 0.5) is 0 Å². The van der Waals surface area contributed by atoms with Crippen LogP contribution < -0.4 is 5.32 Å². The van der Waals surface area contributed by atoms with Gasteiger partial charge in [-0.2, -0.15) is 0 Å². The number of nitrogens with one attached hydrogen (secondary N) is 1. The van der Waals surface area contributed by atoms with Crippen molar-refractivity contribution >= 4 is 23.2 Å². The molecule has 16 heavy (non-hydrogen) atoms. The van der Waals surface area contributed by atoms with Crippen molar-refractivity contribution in [2.75, 3.05) is 0 Å². The van der Waals surface area contributed by atoms with Gasteiger partial charge in [0.05, 0.1) is 10.0 Å². The second kappa shape index (κ2) is 4.95. The highest BCUT2D eigenvalue weighted by Gasteiger charge is 2.31. The molecule has 3 atom stereocenters. The van der Waals surface area contributed by atoms with Crippen LogP contribution in [0.25, 0.3) is 0 Å². The molecule has 0 aromatic heterocycles. The SMILES string of the molecule is CCC1NC(C)CC1c1ccc(Cl)c(Cl)c1. The molecule has 1 fully saturated rings. The summed E-state index contributed by atoms with van der Waals surface area (Å²) in [5.41, 5.74) is 1.30. The molecule has 0 spiro atoms. The minimum atomic E-state index is 0.562. The van der Waals surface area contributed by atoms with Gasteiger partial charge in [-0.15, -0.1) is 0 Å².